The molecule has 0 spiro atoms. The Kier molecular flexibility index (Phi) is 8.61. The van der Waals surface area contributed by atoms with Crippen LogP contribution in [0.4, 0.5) is 5.69 Å². The number of rotatable bonds is 10. The summed E-state index contributed by atoms with van der Waals surface area (Å²) in [6.07, 6.45) is 8.08. The van der Waals surface area contributed by atoms with Gasteiger partial charge in [0.1, 0.15) is 11.8 Å². The maximum Gasteiger partial charge on any atom is 0.267 e. The Morgan fingerprint density at radius 1 is 0.949 bits per heavy atom. The van der Waals surface area contributed by atoms with Crippen molar-refractivity contribution < 1.29 is 14.3 Å². The van der Waals surface area contributed by atoms with Crippen molar-refractivity contribution in [1.82, 2.24) is 15.1 Å². The molecule has 0 saturated carbocycles. The van der Waals surface area contributed by atoms with Crippen molar-refractivity contribution in [3.05, 3.63) is 112 Å². The first-order valence-electron chi connectivity index (χ1n) is 12.5. The van der Waals surface area contributed by atoms with Gasteiger partial charge in [0.2, 0.25) is 5.91 Å². The third-order valence-electron chi connectivity index (χ3n) is 6.24. The van der Waals surface area contributed by atoms with E-state index in [1.807, 2.05) is 54.6 Å². The smallest absolute Gasteiger partial charge is 0.267 e. The lowest BCUT2D eigenvalue weighted by Gasteiger charge is -2.26. The van der Waals surface area contributed by atoms with Gasteiger partial charge >= 0.3 is 0 Å². The van der Waals surface area contributed by atoms with Gasteiger partial charge in [-0.25, -0.2) is 10.0 Å². The molecule has 2 amide bonds. The maximum atomic E-state index is 13.4. The Labute approximate surface area is 229 Å². The molecule has 1 heterocycles. The molecule has 39 heavy (non-hydrogen) atoms. The van der Waals surface area contributed by atoms with Crippen molar-refractivity contribution in [2.24, 2.45) is 0 Å². The number of anilines is 1. The lowest BCUT2D eigenvalue weighted by Crippen LogP contribution is -2.38. The molecule has 1 unspecified atom stereocenters. The van der Waals surface area contributed by atoms with Crippen LogP contribution in [-0.4, -0.2) is 47.5 Å². The van der Waals surface area contributed by atoms with Gasteiger partial charge in [0.25, 0.3) is 11.5 Å². The average molecular weight is 547 g/mol. The van der Waals surface area contributed by atoms with Crippen molar-refractivity contribution in [2.45, 2.75) is 23.9 Å². The summed E-state index contributed by atoms with van der Waals surface area (Å²) >= 11 is 0. The van der Waals surface area contributed by atoms with E-state index in [4.69, 9.17) is 4.74 Å². The minimum atomic E-state index is -0.971. The standard InChI is InChI=1S/C30H34N4O4S/c1-38-25-14-10-22(11-15-25)28(30(37)31-24-12-16-26(17-13-24)39(2,3)4)32-27(35)18-23-20-34(33-29(23)36)19-21-8-6-5-7-9-21/h5-17,20,28H,18-19H2,1-4H3,(H,31,37)(H,32,35)(H,33,36). The zero-order chi connectivity index (χ0) is 28.0. The fraction of sp³-hybridized carbons (Fsp3) is 0.233. The van der Waals surface area contributed by atoms with Gasteiger partial charge in [-0.05, 0) is 71.2 Å². The molecule has 0 aliphatic heterocycles. The average Bonchev–Trinajstić information content (AvgIpc) is 3.25. The Hall–Kier alpha value is -4.24. The zero-order valence-corrected chi connectivity index (χ0v) is 23.4. The lowest BCUT2D eigenvalue weighted by atomic mass is 10.0. The zero-order valence-electron chi connectivity index (χ0n) is 22.6. The van der Waals surface area contributed by atoms with Crippen LogP contribution in [0.1, 0.15) is 22.7 Å². The molecule has 0 saturated heterocycles. The number of amides is 2. The SMILES string of the molecule is COc1ccc(C(NC(=O)Cc2cn(Cc3ccccc3)[nH]c2=O)C(=O)Nc2ccc(S(C)(C)C)cc2)cc1. The Morgan fingerprint density at radius 2 is 1.62 bits per heavy atom. The van der Waals surface area contributed by atoms with Gasteiger partial charge in [0.05, 0.1) is 20.1 Å². The van der Waals surface area contributed by atoms with E-state index in [0.29, 0.717) is 29.1 Å². The number of nitrogens with zero attached hydrogens (tertiary/aromatic N) is 1. The largest absolute Gasteiger partial charge is 0.497 e. The summed E-state index contributed by atoms with van der Waals surface area (Å²) in [5.74, 6) is -0.198. The van der Waals surface area contributed by atoms with Gasteiger partial charge in [-0.15, -0.1) is 0 Å². The highest BCUT2D eigenvalue weighted by molar-refractivity contribution is 8.32. The van der Waals surface area contributed by atoms with Crippen LogP contribution in [-0.2, 0) is 22.6 Å². The van der Waals surface area contributed by atoms with E-state index in [-0.39, 0.29) is 17.9 Å². The van der Waals surface area contributed by atoms with E-state index in [1.54, 1.807) is 42.3 Å². The number of nitrogens with one attached hydrogen (secondary N) is 3. The van der Waals surface area contributed by atoms with Gasteiger partial charge in [0.15, 0.2) is 0 Å². The van der Waals surface area contributed by atoms with E-state index >= 15 is 0 Å². The van der Waals surface area contributed by atoms with Crippen LogP contribution in [0.3, 0.4) is 0 Å². The first-order chi connectivity index (χ1) is 18.6. The van der Waals surface area contributed by atoms with Gasteiger partial charge in [-0.3, -0.25) is 24.2 Å². The van der Waals surface area contributed by atoms with Crippen molar-refractivity contribution in [2.75, 3.05) is 31.2 Å². The van der Waals surface area contributed by atoms with Gasteiger partial charge < -0.3 is 15.4 Å². The second kappa shape index (κ2) is 12.1. The molecular weight excluding hydrogens is 512 g/mol. The monoisotopic (exact) mass is 546 g/mol. The number of ether oxygens (including phenoxy) is 1. The summed E-state index contributed by atoms with van der Waals surface area (Å²) in [6, 6.07) is 23.4. The van der Waals surface area contributed by atoms with Crippen LogP contribution in [0.2, 0.25) is 0 Å². The second-order valence-corrected chi connectivity index (χ2v) is 14.2. The number of hydrogen-bond donors (Lipinski definition) is 3. The Bertz CT molecular complexity index is 1470. The number of aromatic amines is 1. The molecule has 9 heteroatoms. The summed E-state index contributed by atoms with van der Waals surface area (Å²) in [6.45, 7) is 0.476. The van der Waals surface area contributed by atoms with Crippen LogP contribution in [0, 0.1) is 0 Å². The number of benzene rings is 3. The molecule has 0 aliphatic rings. The van der Waals surface area contributed by atoms with Crippen LogP contribution in [0.5, 0.6) is 5.75 Å². The molecule has 0 fully saturated rings. The van der Waals surface area contributed by atoms with E-state index in [2.05, 4.69) is 34.5 Å². The van der Waals surface area contributed by atoms with Crippen molar-refractivity contribution in [3.8, 4) is 5.75 Å². The molecule has 0 aliphatic carbocycles. The molecule has 8 nitrogen and oxygen atoms in total. The molecule has 204 valence electrons. The van der Waals surface area contributed by atoms with Crippen LogP contribution < -0.4 is 20.9 Å². The third-order valence-corrected chi connectivity index (χ3v) is 7.93. The highest BCUT2D eigenvalue weighted by Crippen LogP contribution is 2.45. The van der Waals surface area contributed by atoms with Crippen molar-refractivity contribution in [1.29, 1.82) is 0 Å². The first kappa shape index (κ1) is 27.8. The van der Waals surface area contributed by atoms with E-state index < -0.39 is 22.0 Å². The summed E-state index contributed by atoms with van der Waals surface area (Å²) in [7, 11) is 0.670. The Morgan fingerprint density at radius 3 is 2.23 bits per heavy atom. The van der Waals surface area contributed by atoms with Crippen LogP contribution >= 0.6 is 10.0 Å². The number of methoxy groups -OCH3 is 1. The van der Waals surface area contributed by atoms with Crippen molar-refractivity contribution in [3.63, 3.8) is 0 Å². The fourth-order valence-electron chi connectivity index (χ4n) is 4.12. The van der Waals surface area contributed by atoms with E-state index in [0.717, 1.165) is 5.56 Å². The minimum absolute atomic E-state index is 0.167. The molecule has 4 rings (SSSR count). The molecule has 3 N–H and O–H groups in total. The highest BCUT2D eigenvalue weighted by atomic mass is 32.3. The summed E-state index contributed by atoms with van der Waals surface area (Å²) < 4.78 is 6.89. The molecule has 0 radical (unpaired) electrons. The predicted octanol–water partition coefficient (Wildman–Crippen LogP) is 4.32. The number of carbonyl (C=O) groups excluding carboxylic acids is 2. The number of carbonyl (C=O) groups is 2. The number of aromatic nitrogens is 2. The van der Waals surface area contributed by atoms with Gasteiger partial charge in [-0.2, -0.15) is 0 Å². The normalized spacial score (nSPS) is 12.4. The molecule has 0 bridgehead atoms. The predicted molar refractivity (Wildman–Crippen MR) is 157 cm³/mol. The van der Waals surface area contributed by atoms with Crippen LogP contribution in [0.15, 0.2) is 94.7 Å². The quantitative estimate of drug-likeness (QED) is 0.275. The summed E-state index contributed by atoms with van der Waals surface area (Å²) in [5, 5.41) is 8.48. The molecule has 3 aromatic carbocycles. The fourth-order valence-corrected chi connectivity index (χ4v) is 5.07. The molecular formula is C30H34N4O4S. The van der Waals surface area contributed by atoms with Crippen molar-refractivity contribution >= 4 is 27.5 Å². The topological polar surface area (TPSA) is 105 Å². The Balaban J connectivity index is 1.50. The molecule has 4 aromatic rings. The second-order valence-electron chi connectivity index (χ2n) is 10.0. The van der Waals surface area contributed by atoms with Crippen LogP contribution in [0.25, 0.3) is 0 Å². The summed E-state index contributed by atoms with van der Waals surface area (Å²) in [4.78, 5) is 40.2. The third kappa shape index (κ3) is 7.42. The first-order valence-corrected chi connectivity index (χ1v) is 15.3. The summed E-state index contributed by atoms with van der Waals surface area (Å²) in [5.41, 5.74) is 2.22. The number of H-pyrrole nitrogens is 1. The maximum absolute atomic E-state index is 13.4. The van der Waals surface area contributed by atoms with Gasteiger partial charge in [0, 0.05) is 17.4 Å². The molecule has 1 atom stereocenters. The minimum Gasteiger partial charge on any atom is -0.497 e. The van der Waals surface area contributed by atoms with E-state index in [9.17, 15) is 14.4 Å². The van der Waals surface area contributed by atoms with E-state index in [1.165, 1.54) is 4.90 Å². The lowest BCUT2D eigenvalue weighted by molar-refractivity contribution is -0.126. The number of hydrogen-bond acceptors (Lipinski definition) is 4. The molecule has 1 aromatic heterocycles. The highest BCUT2D eigenvalue weighted by Gasteiger charge is 2.24. The van der Waals surface area contributed by atoms with Gasteiger partial charge in [-0.1, -0.05) is 42.5 Å².